The zero-order valence-corrected chi connectivity index (χ0v) is 14.1. The van der Waals surface area contributed by atoms with Crippen LogP contribution in [-0.2, 0) is 17.8 Å². The fourth-order valence-corrected chi connectivity index (χ4v) is 2.86. The van der Waals surface area contributed by atoms with Crippen molar-refractivity contribution in [2.75, 3.05) is 25.5 Å². The van der Waals surface area contributed by atoms with Gasteiger partial charge >= 0.3 is 0 Å². The van der Waals surface area contributed by atoms with Gasteiger partial charge in [0, 0.05) is 44.2 Å². The second-order valence-corrected chi connectivity index (χ2v) is 6.12. The number of nitrogens with zero attached hydrogens (tertiary/aromatic N) is 5. The molecule has 0 saturated carbocycles. The van der Waals surface area contributed by atoms with Crippen LogP contribution < -0.4 is 4.90 Å². The Bertz CT molecular complexity index is 746. The zero-order valence-electron chi connectivity index (χ0n) is 14.1. The monoisotopic (exact) mass is 327 g/mol. The Morgan fingerprint density at radius 1 is 1.38 bits per heavy atom. The fourth-order valence-electron chi connectivity index (χ4n) is 2.86. The molecule has 7 nitrogen and oxygen atoms in total. The quantitative estimate of drug-likeness (QED) is 0.901. The summed E-state index contributed by atoms with van der Waals surface area (Å²) in [4.78, 5) is 29.2. The first kappa shape index (κ1) is 16.3. The molecular formula is C17H21N5O2. The van der Waals surface area contributed by atoms with Crippen molar-refractivity contribution in [1.29, 1.82) is 0 Å². The van der Waals surface area contributed by atoms with Crippen molar-refractivity contribution < 1.29 is 9.90 Å². The summed E-state index contributed by atoms with van der Waals surface area (Å²) in [5.74, 6) is 1.19. The Balaban J connectivity index is 2.04. The number of carbonyl (C=O) groups excluding carboxylic acids is 1. The third kappa shape index (κ3) is 3.07. The lowest BCUT2D eigenvalue weighted by molar-refractivity contribution is -0.140. The molecule has 3 rings (SSSR count). The number of aliphatic hydroxyl groups excluding tert-OH is 1. The summed E-state index contributed by atoms with van der Waals surface area (Å²) in [6.45, 7) is 2.44. The number of hydrogen-bond acceptors (Lipinski definition) is 6. The molecule has 0 aromatic carbocycles. The summed E-state index contributed by atoms with van der Waals surface area (Å²) in [5, 5.41) is 9.56. The smallest absolute Gasteiger partial charge is 0.251 e. The van der Waals surface area contributed by atoms with Gasteiger partial charge in [0.2, 0.25) is 0 Å². The van der Waals surface area contributed by atoms with Crippen LogP contribution in [-0.4, -0.2) is 57.6 Å². The molecule has 3 heterocycles. The predicted octanol–water partition coefficient (Wildman–Crippen LogP) is 0.870. The van der Waals surface area contributed by atoms with E-state index in [1.807, 2.05) is 31.1 Å². The van der Waals surface area contributed by atoms with Crippen LogP contribution >= 0.6 is 0 Å². The minimum atomic E-state index is -1.00. The van der Waals surface area contributed by atoms with E-state index in [4.69, 9.17) is 0 Å². The molecule has 0 spiro atoms. The second kappa shape index (κ2) is 6.52. The molecule has 1 amide bonds. The van der Waals surface area contributed by atoms with E-state index in [2.05, 4.69) is 15.0 Å². The summed E-state index contributed by atoms with van der Waals surface area (Å²) >= 11 is 0. The fraction of sp³-hybridized carbons (Fsp3) is 0.412. The molecule has 2 aromatic heterocycles. The molecule has 0 saturated heterocycles. The summed E-state index contributed by atoms with van der Waals surface area (Å²) in [6, 6.07) is 3.76. The zero-order chi connectivity index (χ0) is 17.3. The van der Waals surface area contributed by atoms with Gasteiger partial charge in [-0.15, -0.1) is 0 Å². The first-order chi connectivity index (χ1) is 11.5. The Morgan fingerprint density at radius 2 is 2.17 bits per heavy atom. The average Bonchev–Trinajstić information content (AvgIpc) is 2.60. The molecule has 1 aliphatic rings. The van der Waals surface area contributed by atoms with E-state index in [0.717, 1.165) is 22.6 Å². The van der Waals surface area contributed by atoms with E-state index in [-0.39, 0.29) is 5.91 Å². The van der Waals surface area contributed by atoms with Gasteiger partial charge in [0.05, 0.1) is 12.2 Å². The van der Waals surface area contributed by atoms with E-state index >= 15 is 0 Å². The molecule has 1 N–H and O–H groups in total. The van der Waals surface area contributed by atoms with E-state index in [1.54, 1.807) is 17.3 Å². The van der Waals surface area contributed by atoms with Crippen LogP contribution in [0.2, 0.25) is 0 Å². The van der Waals surface area contributed by atoms with Crippen molar-refractivity contribution in [2.45, 2.75) is 26.0 Å². The molecular weight excluding hydrogens is 306 g/mol. The van der Waals surface area contributed by atoms with E-state index < -0.39 is 6.10 Å². The number of aromatic nitrogens is 3. The van der Waals surface area contributed by atoms with Gasteiger partial charge in [-0.2, -0.15) is 0 Å². The number of carbonyl (C=O) groups is 1. The Morgan fingerprint density at radius 3 is 2.79 bits per heavy atom. The molecule has 7 heteroatoms. The van der Waals surface area contributed by atoms with Crippen molar-refractivity contribution in [1.82, 2.24) is 19.9 Å². The van der Waals surface area contributed by atoms with Gasteiger partial charge in [-0.1, -0.05) is 0 Å². The average molecular weight is 327 g/mol. The number of rotatable bonds is 3. The van der Waals surface area contributed by atoms with Crippen LogP contribution in [0.3, 0.4) is 0 Å². The third-order valence-corrected chi connectivity index (χ3v) is 4.06. The maximum absolute atomic E-state index is 12.1. The highest BCUT2D eigenvalue weighted by molar-refractivity contribution is 5.80. The lowest BCUT2D eigenvalue weighted by Gasteiger charge is -2.31. The number of amides is 1. The third-order valence-electron chi connectivity index (χ3n) is 4.06. The van der Waals surface area contributed by atoms with Crippen molar-refractivity contribution in [3.63, 3.8) is 0 Å². The van der Waals surface area contributed by atoms with Gasteiger partial charge in [0.15, 0.2) is 5.82 Å². The number of aliphatic hydroxyl groups is 1. The van der Waals surface area contributed by atoms with Gasteiger partial charge < -0.3 is 14.9 Å². The van der Waals surface area contributed by atoms with Crippen molar-refractivity contribution in [3.05, 3.63) is 35.8 Å². The largest absolute Gasteiger partial charge is 0.384 e. The number of anilines is 1. The molecule has 1 atom stereocenters. The minimum Gasteiger partial charge on any atom is -0.384 e. The first-order valence-electron chi connectivity index (χ1n) is 7.91. The molecule has 1 aliphatic heterocycles. The maximum atomic E-state index is 12.1. The number of hydrogen-bond donors (Lipinski definition) is 1. The highest BCUT2D eigenvalue weighted by Crippen LogP contribution is 2.28. The Hall–Kier alpha value is -2.54. The molecule has 2 aromatic rings. The summed E-state index contributed by atoms with van der Waals surface area (Å²) in [6.07, 6.45) is 3.11. The van der Waals surface area contributed by atoms with E-state index in [0.29, 0.717) is 25.3 Å². The van der Waals surface area contributed by atoms with Crippen LogP contribution in [0.15, 0.2) is 24.5 Å². The highest BCUT2D eigenvalue weighted by Gasteiger charge is 2.27. The maximum Gasteiger partial charge on any atom is 0.251 e. The summed E-state index contributed by atoms with van der Waals surface area (Å²) in [5.41, 5.74) is 2.72. The molecule has 0 bridgehead atoms. The van der Waals surface area contributed by atoms with Crippen LogP contribution in [0.1, 0.15) is 18.2 Å². The van der Waals surface area contributed by atoms with Gasteiger partial charge in [-0.05, 0) is 25.5 Å². The molecule has 126 valence electrons. The van der Waals surface area contributed by atoms with E-state index in [1.165, 1.54) is 6.92 Å². The summed E-state index contributed by atoms with van der Waals surface area (Å²) < 4.78 is 0. The van der Waals surface area contributed by atoms with Gasteiger partial charge in [-0.3, -0.25) is 9.78 Å². The van der Waals surface area contributed by atoms with Crippen LogP contribution in [0, 0.1) is 0 Å². The lowest BCUT2D eigenvalue weighted by atomic mass is 10.0. The van der Waals surface area contributed by atoms with Crippen molar-refractivity contribution in [2.24, 2.45) is 0 Å². The van der Waals surface area contributed by atoms with Gasteiger partial charge in [0.25, 0.3) is 5.91 Å². The van der Waals surface area contributed by atoms with Crippen molar-refractivity contribution in [3.8, 4) is 11.4 Å². The minimum absolute atomic E-state index is 0.270. The Labute approximate surface area is 141 Å². The lowest BCUT2D eigenvalue weighted by Crippen LogP contribution is -2.42. The summed E-state index contributed by atoms with van der Waals surface area (Å²) in [7, 11) is 3.89. The second-order valence-electron chi connectivity index (χ2n) is 6.12. The predicted molar refractivity (Wildman–Crippen MR) is 90.4 cm³/mol. The normalized spacial score (nSPS) is 14.9. The van der Waals surface area contributed by atoms with Crippen LogP contribution in [0.4, 0.5) is 5.82 Å². The molecule has 0 aliphatic carbocycles. The van der Waals surface area contributed by atoms with Gasteiger partial charge in [0.1, 0.15) is 11.9 Å². The number of pyridine rings is 1. The topological polar surface area (TPSA) is 82.4 Å². The van der Waals surface area contributed by atoms with Crippen LogP contribution in [0.5, 0.6) is 0 Å². The SMILES string of the molecule is CC(O)C(=O)N1CCc2c(nc(-c3cccnc3)nc2N(C)C)C1. The first-order valence-corrected chi connectivity index (χ1v) is 7.91. The van der Waals surface area contributed by atoms with Crippen molar-refractivity contribution >= 4 is 11.7 Å². The standard InChI is InChI=1S/C17H21N5O2/c1-11(23)17(24)22-8-6-13-14(10-22)19-15(20-16(13)21(2)3)12-5-4-7-18-9-12/h4-5,7,9,11,23H,6,8,10H2,1-3H3. The van der Waals surface area contributed by atoms with E-state index in [9.17, 15) is 9.90 Å². The molecule has 24 heavy (non-hydrogen) atoms. The molecule has 0 fully saturated rings. The van der Waals surface area contributed by atoms with Gasteiger partial charge in [-0.25, -0.2) is 9.97 Å². The highest BCUT2D eigenvalue weighted by atomic mass is 16.3. The number of fused-ring (bicyclic) bond motifs is 1. The molecule has 0 radical (unpaired) electrons. The Kier molecular flexibility index (Phi) is 4.44. The molecule has 1 unspecified atom stereocenters. The van der Waals surface area contributed by atoms with Crippen LogP contribution in [0.25, 0.3) is 11.4 Å².